The third-order valence-electron chi connectivity index (χ3n) is 7.87. The molecule has 1 N–H and O–H groups in total. The number of piperazine rings is 1. The smallest absolute Gasteiger partial charge is 0.410 e. The molecule has 0 aromatic rings. The normalized spacial score (nSPS) is 30.2. The van der Waals surface area contributed by atoms with E-state index in [-0.39, 0.29) is 25.2 Å². The number of halogens is 2. The Bertz CT molecular complexity index is 797. The molecule has 4 rings (SSSR count). The lowest BCUT2D eigenvalue weighted by Crippen LogP contribution is -2.57. The van der Waals surface area contributed by atoms with Crippen LogP contribution in [-0.2, 0) is 14.2 Å². The number of epoxide rings is 1. The van der Waals surface area contributed by atoms with Crippen LogP contribution in [0.3, 0.4) is 0 Å². The first-order chi connectivity index (χ1) is 17.5. The van der Waals surface area contributed by atoms with E-state index in [1.165, 1.54) is 36.2 Å². The molecule has 37 heavy (non-hydrogen) atoms. The van der Waals surface area contributed by atoms with Crippen LogP contribution in [0.4, 0.5) is 18.4 Å². The molecule has 4 atom stereocenters. The highest BCUT2D eigenvalue weighted by molar-refractivity contribution is 5.69. The minimum atomic E-state index is -2.37. The monoisotopic (exact) mass is 531 g/mol. The molecule has 4 fully saturated rings. The van der Waals surface area contributed by atoms with Gasteiger partial charge in [-0.25, -0.2) is 18.4 Å². The van der Waals surface area contributed by atoms with Crippen molar-refractivity contribution in [2.24, 2.45) is 5.92 Å². The average Bonchev–Trinajstić information content (AvgIpc) is 3.50. The fraction of sp³-hybridized carbons (Fsp3) is 0.846. The summed E-state index contributed by atoms with van der Waals surface area (Å²) in [5.74, 6) is 0.594. The first-order valence-corrected chi connectivity index (χ1v) is 13.3. The van der Waals surface area contributed by atoms with E-state index in [2.05, 4.69) is 26.8 Å². The van der Waals surface area contributed by atoms with E-state index in [0.717, 1.165) is 11.3 Å². The molecular weight excluding hydrogens is 488 g/mol. The zero-order valence-electron chi connectivity index (χ0n) is 22.5. The van der Waals surface area contributed by atoms with Crippen LogP contribution < -0.4 is 0 Å². The van der Waals surface area contributed by atoms with Crippen molar-refractivity contribution in [1.82, 2.24) is 14.7 Å². The van der Waals surface area contributed by atoms with Crippen molar-refractivity contribution >= 4 is 12.2 Å². The summed E-state index contributed by atoms with van der Waals surface area (Å²) in [5.41, 5.74) is 1.46. The highest BCUT2D eigenvalue weighted by Gasteiger charge is 2.58. The number of carbonyl (C=O) groups is 2. The number of nitrogens with zero attached hydrogens (tertiary/aromatic N) is 3. The molecule has 1 saturated carbocycles. The fourth-order valence-electron chi connectivity index (χ4n) is 5.45. The van der Waals surface area contributed by atoms with Gasteiger partial charge in [-0.2, -0.15) is 0 Å². The zero-order chi connectivity index (χ0) is 27.2. The molecule has 0 aromatic heterocycles. The van der Waals surface area contributed by atoms with Crippen molar-refractivity contribution in [3.8, 4) is 0 Å². The first-order valence-electron chi connectivity index (χ1n) is 13.3. The second kappa shape index (κ2) is 13.2. The minimum Gasteiger partial charge on any atom is -0.465 e. The van der Waals surface area contributed by atoms with Crippen LogP contribution in [0.25, 0.3) is 0 Å². The Morgan fingerprint density at radius 2 is 1.76 bits per heavy atom. The Morgan fingerprint density at radius 1 is 1.11 bits per heavy atom. The van der Waals surface area contributed by atoms with E-state index in [9.17, 15) is 18.4 Å². The number of hydrogen-bond acceptors (Lipinski definition) is 6. The Balaban J connectivity index is 0.000000208. The van der Waals surface area contributed by atoms with E-state index in [4.69, 9.17) is 19.3 Å². The molecule has 212 valence electrons. The van der Waals surface area contributed by atoms with Gasteiger partial charge >= 0.3 is 12.2 Å². The van der Waals surface area contributed by atoms with Gasteiger partial charge < -0.3 is 29.1 Å². The molecule has 3 heterocycles. The molecule has 4 unspecified atom stereocenters. The predicted octanol–water partition coefficient (Wildman–Crippen LogP) is 4.07. The molecule has 0 aromatic carbocycles. The number of likely N-dealkylation sites (tertiary alicyclic amines) is 1. The highest BCUT2D eigenvalue weighted by atomic mass is 19.3. The summed E-state index contributed by atoms with van der Waals surface area (Å²) in [6.45, 7) is 8.16. The molecule has 4 aliphatic rings. The van der Waals surface area contributed by atoms with Crippen molar-refractivity contribution in [3.63, 3.8) is 0 Å². The SMILES string of the molecule is COC1CCCCC1C1(C)OC1CC=C(C)C.O=C(O)N1CC(OC(=O)N2CCN(CC(F)F)CC2)C1. The van der Waals surface area contributed by atoms with Crippen LogP contribution in [0.2, 0.25) is 0 Å². The van der Waals surface area contributed by atoms with E-state index < -0.39 is 24.7 Å². The van der Waals surface area contributed by atoms with Gasteiger partial charge in [0.1, 0.15) is 6.10 Å². The summed E-state index contributed by atoms with van der Waals surface area (Å²) in [6.07, 6.45) is 4.98. The second-order valence-corrected chi connectivity index (χ2v) is 10.8. The van der Waals surface area contributed by atoms with Gasteiger partial charge in [-0.1, -0.05) is 24.5 Å². The van der Waals surface area contributed by atoms with Gasteiger partial charge in [0.15, 0.2) is 0 Å². The second-order valence-electron chi connectivity index (χ2n) is 10.8. The van der Waals surface area contributed by atoms with Crippen LogP contribution in [0, 0.1) is 5.92 Å². The molecular formula is C26H43F2N3O6. The largest absolute Gasteiger partial charge is 0.465 e. The number of rotatable bonds is 7. The lowest BCUT2D eigenvalue weighted by molar-refractivity contribution is -0.0248. The summed E-state index contributed by atoms with van der Waals surface area (Å²) >= 11 is 0. The fourth-order valence-corrected chi connectivity index (χ4v) is 5.45. The summed E-state index contributed by atoms with van der Waals surface area (Å²) in [6, 6.07) is 0. The maximum atomic E-state index is 12.2. The summed E-state index contributed by atoms with van der Waals surface area (Å²) in [5, 5.41) is 8.64. The summed E-state index contributed by atoms with van der Waals surface area (Å²) < 4.78 is 41.2. The summed E-state index contributed by atoms with van der Waals surface area (Å²) in [7, 11) is 1.85. The highest BCUT2D eigenvalue weighted by Crippen LogP contribution is 2.50. The van der Waals surface area contributed by atoms with Crippen molar-refractivity contribution in [2.75, 3.05) is 52.9 Å². The number of carbonyl (C=O) groups excluding carboxylic acids is 1. The lowest BCUT2D eigenvalue weighted by atomic mass is 9.76. The van der Waals surface area contributed by atoms with Crippen molar-refractivity contribution in [1.29, 1.82) is 0 Å². The molecule has 9 nitrogen and oxygen atoms in total. The van der Waals surface area contributed by atoms with Crippen LogP contribution in [0.5, 0.6) is 0 Å². The zero-order valence-corrected chi connectivity index (χ0v) is 22.5. The number of methoxy groups -OCH3 is 1. The standard InChI is InChI=1S/C15H26O2.C11H17F2N3O4/c1-11(2)9-10-14-15(3,17-14)12-7-5-6-8-13(12)16-4;12-9(13)7-14-1-3-15(4-2-14)11(19)20-8-5-16(6-8)10(17)18/h9,12-14H,5-8,10H2,1-4H3;8-9H,1-7H2,(H,17,18). The molecule has 0 bridgehead atoms. The molecule has 0 radical (unpaired) electrons. The Kier molecular flexibility index (Phi) is 10.5. The maximum Gasteiger partial charge on any atom is 0.410 e. The van der Waals surface area contributed by atoms with E-state index >= 15 is 0 Å². The Morgan fingerprint density at radius 3 is 2.32 bits per heavy atom. The number of amides is 2. The summed E-state index contributed by atoms with van der Waals surface area (Å²) in [4.78, 5) is 26.5. The van der Waals surface area contributed by atoms with Gasteiger partial charge in [-0.05, 0) is 40.0 Å². The predicted molar refractivity (Wildman–Crippen MR) is 134 cm³/mol. The van der Waals surface area contributed by atoms with Crippen molar-refractivity contribution in [2.45, 2.75) is 83.2 Å². The van der Waals surface area contributed by atoms with Crippen molar-refractivity contribution < 1.29 is 37.7 Å². The molecule has 3 aliphatic heterocycles. The van der Waals surface area contributed by atoms with Gasteiger partial charge in [-0.3, -0.25) is 4.90 Å². The van der Waals surface area contributed by atoms with Crippen LogP contribution in [0.1, 0.15) is 52.9 Å². The number of allylic oxidation sites excluding steroid dienone is 1. The van der Waals surface area contributed by atoms with E-state index in [0.29, 0.717) is 44.3 Å². The Labute approximate surface area is 218 Å². The van der Waals surface area contributed by atoms with Crippen LogP contribution >= 0.6 is 0 Å². The maximum absolute atomic E-state index is 12.2. The number of alkyl halides is 2. The van der Waals surface area contributed by atoms with E-state index in [1.807, 2.05) is 7.11 Å². The van der Waals surface area contributed by atoms with Gasteiger partial charge in [0, 0.05) is 39.2 Å². The Hall–Kier alpha value is -1.98. The molecule has 2 amide bonds. The minimum absolute atomic E-state index is 0.0764. The third-order valence-corrected chi connectivity index (χ3v) is 7.87. The average molecular weight is 532 g/mol. The molecule has 1 aliphatic carbocycles. The third kappa shape index (κ3) is 8.25. The van der Waals surface area contributed by atoms with Gasteiger partial charge in [0.05, 0.1) is 37.4 Å². The number of ether oxygens (including phenoxy) is 3. The number of carboxylic acid groups (broad SMARTS) is 1. The van der Waals surface area contributed by atoms with Crippen LogP contribution in [0.15, 0.2) is 11.6 Å². The topological polar surface area (TPSA) is 95.1 Å². The van der Waals surface area contributed by atoms with Crippen LogP contribution in [-0.4, -0.2) is 115 Å². The molecule has 11 heteroatoms. The number of hydrogen-bond donors (Lipinski definition) is 1. The quantitative estimate of drug-likeness (QED) is 0.391. The van der Waals surface area contributed by atoms with Gasteiger partial charge in [-0.15, -0.1) is 0 Å². The van der Waals surface area contributed by atoms with Crippen molar-refractivity contribution in [3.05, 3.63) is 11.6 Å². The molecule has 0 spiro atoms. The first kappa shape index (κ1) is 29.6. The van der Waals surface area contributed by atoms with Gasteiger partial charge in [0.25, 0.3) is 6.43 Å². The van der Waals surface area contributed by atoms with E-state index in [1.54, 1.807) is 4.90 Å². The molecule has 3 saturated heterocycles. The van der Waals surface area contributed by atoms with Gasteiger partial charge in [0.2, 0.25) is 0 Å². The lowest BCUT2D eigenvalue weighted by Gasteiger charge is -2.39.